The van der Waals surface area contributed by atoms with Gasteiger partial charge in [0.15, 0.2) is 0 Å². The first kappa shape index (κ1) is 6.33. The molecule has 1 rings (SSSR count). The van der Waals surface area contributed by atoms with Crippen LogP contribution in [0.4, 0.5) is 0 Å². The van der Waals surface area contributed by atoms with Crippen molar-refractivity contribution < 1.29 is 4.79 Å². The van der Waals surface area contributed by atoms with E-state index in [-0.39, 0.29) is 3.43 Å². The topological polar surface area (TPSA) is 17.1 Å². The van der Waals surface area contributed by atoms with Gasteiger partial charge in [0.1, 0.15) is 0 Å². The average Bonchev–Trinajstić information content (AvgIpc) is 2.17. The Kier molecular flexibility index (Phi) is 1.75. The predicted molar refractivity (Wildman–Crippen MR) is 34.3 cm³/mol. The van der Waals surface area contributed by atoms with Crippen molar-refractivity contribution in [1.82, 2.24) is 0 Å². The predicted octanol–water partition coefficient (Wildman–Crippen LogP) is 0.595. The van der Waals surface area contributed by atoms with Crippen LogP contribution in [0.3, 0.4) is 0 Å². The van der Waals surface area contributed by atoms with E-state index in [1.54, 1.807) is 0 Å². The molecule has 1 atom stereocenters. The van der Waals surface area contributed by atoms with Gasteiger partial charge in [0.05, 0.1) is 0 Å². The van der Waals surface area contributed by atoms with Gasteiger partial charge >= 0.3 is 62.0 Å². The zero-order chi connectivity index (χ0) is 6.04. The van der Waals surface area contributed by atoms with E-state index >= 15 is 0 Å². The van der Waals surface area contributed by atoms with Crippen LogP contribution in [0.25, 0.3) is 0 Å². The molecule has 0 fully saturated rings. The van der Waals surface area contributed by atoms with Gasteiger partial charge in [-0.25, -0.2) is 0 Å². The van der Waals surface area contributed by atoms with Crippen LogP contribution in [0, 0.1) is 0 Å². The van der Waals surface area contributed by atoms with E-state index in [1.807, 2.05) is 6.08 Å². The molecule has 42 valence electrons. The molecule has 0 spiro atoms. The summed E-state index contributed by atoms with van der Waals surface area (Å²) in [5.41, 5.74) is 0. The number of hydrogen-bond acceptors (Lipinski definition) is 1. The van der Waals surface area contributed by atoms with Gasteiger partial charge in [-0.3, -0.25) is 0 Å². The van der Waals surface area contributed by atoms with Crippen LogP contribution in [-0.2, 0) is 4.79 Å². The van der Waals surface area contributed by atoms with Crippen LogP contribution >= 0.6 is 0 Å². The van der Waals surface area contributed by atoms with Crippen molar-refractivity contribution >= 4 is 28.8 Å². The minimum atomic E-state index is 0.00500. The molecule has 0 aromatic carbocycles. The molecule has 2 heteroatoms. The van der Waals surface area contributed by atoms with Crippen LogP contribution in [0.5, 0.6) is 0 Å². The summed E-state index contributed by atoms with van der Waals surface area (Å²) in [5, 5.41) is 0. The summed E-state index contributed by atoms with van der Waals surface area (Å²) in [6.45, 7) is 0. The Balaban J connectivity index is 2.67. The van der Waals surface area contributed by atoms with Gasteiger partial charge < -0.3 is 0 Å². The molecule has 0 aromatic rings. The number of aldehydes is 1. The summed E-state index contributed by atoms with van der Waals surface area (Å²) < 4.78 is 0.00500. The fourth-order valence-corrected chi connectivity index (χ4v) is 1.68. The van der Waals surface area contributed by atoms with E-state index < -0.39 is 0 Å². The molecule has 1 aliphatic carbocycles. The van der Waals surface area contributed by atoms with E-state index in [0.29, 0.717) is 0 Å². The monoisotopic (exact) mass is 216 g/mol. The standard InChI is InChI=1S/C6H7O.Sn.H/c7-5-6-3-1-2-4-6;;/h1,3,5H,2,4H2;;. The average molecular weight is 215 g/mol. The number of hydrogen-bond donors (Lipinski definition) is 0. The summed E-state index contributed by atoms with van der Waals surface area (Å²) in [6.07, 6.45) is 7.37. The third kappa shape index (κ3) is 1.13. The summed E-state index contributed by atoms with van der Waals surface area (Å²) in [7, 11) is 0. The number of rotatable bonds is 1. The van der Waals surface area contributed by atoms with Gasteiger partial charge in [-0.2, -0.15) is 0 Å². The van der Waals surface area contributed by atoms with Crippen LogP contribution in [0.1, 0.15) is 12.8 Å². The van der Waals surface area contributed by atoms with Gasteiger partial charge in [0.2, 0.25) is 0 Å². The van der Waals surface area contributed by atoms with Gasteiger partial charge in [-0.15, -0.1) is 0 Å². The Morgan fingerprint density at radius 3 is 2.75 bits per heavy atom. The molecular formula is C6H8OSn. The third-order valence-corrected chi connectivity index (χ3v) is 3.15. The number of carbonyl (C=O) groups is 1. The number of carbonyl (C=O) groups excluding carboxylic acids is 1. The summed E-state index contributed by atoms with van der Waals surface area (Å²) in [4.78, 5) is 10.3. The molecule has 0 aromatic heterocycles. The third-order valence-electron chi connectivity index (χ3n) is 1.39. The fourth-order valence-electron chi connectivity index (χ4n) is 0.818. The second-order valence-corrected chi connectivity index (χ2v) is 5.24. The van der Waals surface area contributed by atoms with Crippen molar-refractivity contribution in [2.75, 3.05) is 0 Å². The SMILES string of the molecule is O=C[C]1([SnH])C=CCC1. The molecule has 0 aliphatic heterocycles. The summed E-state index contributed by atoms with van der Waals surface area (Å²) in [5.74, 6) is 0. The van der Waals surface area contributed by atoms with Crippen molar-refractivity contribution in [3.63, 3.8) is 0 Å². The molecule has 0 heterocycles. The fraction of sp³-hybridized carbons (Fsp3) is 0.500. The first-order chi connectivity index (χ1) is 3.77. The second kappa shape index (κ2) is 2.21. The molecule has 0 amide bonds. The normalized spacial score (nSPS) is 35.6. The Hall–Kier alpha value is 0.209. The van der Waals surface area contributed by atoms with Gasteiger partial charge in [0, 0.05) is 0 Å². The van der Waals surface area contributed by atoms with Crippen molar-refractivity contribution in [2.45, 2.75) is 16.3 Å². The first-order valence-corrected chi connectivity index (χ1v) is 4.34. The summed E-state index contributed by atoms with van der Waals surface area (Å²) in [6, 6.07) is 0. The molecule has 1 nitrogen and oxygen atoms in total. The van der Waals surface area contributed by atoms with Crippen LogP contribution < -0.4 is 0 Å². The zero-order valence-electron chi connectivity index (χ0n) is 4.63. The van der Waals surface area contributed by atoms with Crippen molar-refractivity contribution in [2.24, 2.45) is 0 Å². The first-order valence-electron chi connectivity index (χ1n) is 2.70. The quantitative estimate of drug-likeness (QED) is 0.355. The van der Waals surface area contributed by atoms with Crippen LogP contribution in [0.2, 0.25) is 3.43 Å². The van der Waals surface area contributed by atoms with E-state index in [4.69, 9.17) is 0 Å². The Bertz CT molecular complexity index is 130. The maximum absolute atomic E-state index is 10.3. The van der Waals surface area contributed by atoms with Crippen molar-refractivity contribution in [3.8, 4) is 0 Å². The molecular weight excluding hydrogens is 207 g/mol. The molecule has 0 N–H and O–H groups in total. The molecule has 0 bridgehead atoms. The van der Waals surface area contributed by atoms with Crippen molar-refractivity contribution in [3.05, 3.63) is 12.2 Å². The molecule has 8 heavy (non-hydrogen) atoms. The maximum atomic E-state index is 10.3. The minimum absolute atomic E-state index is 0.00500. The van der Waals surface area contributed by atoms with Gasteiger partial charge in [0.25, 0.3) is 0 Å². The Morgan fingerprint density at radius 2 is 2.50 bits per heavy atom. The Labute approximate surface area is 62.2 Å². The summed E-state index contributed by atoms with van der Waals surface area (Å²) >= 11 is 1.04. The molecule has 1 unspecified atom stereocenters. The van der Waals surface area contributed by atoms with Crippen LogP contribution in [-0.4, -0.2) is 28.8 Å². The molecule has 0 saturated heterocycles. The van der Waals surface area contributed by atoms with E-state index in [9.17, 15) is 4.79 Å². The van der Waals surface area contributed by atoms with E-state index in [1.165, 1.54) is 0 Å². The van der Waals surface area contributed by atoms with E-state index in [2.05, 4.69) is 6.08 Å². The molecule has 0 saturated carbocycles. The second-order valence-electron chi connectivity index (χ2n) is 2.17. The molecule has 2 radical (unpaired) electrons. The van der Waals surface area contributed by atoms with E-state index in [0.717, 1.165) is 41.7 Å². The van der Waals surface area contributed by atoms with Crippen molar-refractivity contribution in [1.29, 1.82) is 0 Å². The van der Waals surface area contributed by atoms with Gasteiger partial charge in [-0.1, -0.05) is 0 Å². The Morgan fingerprint density at radius 1 is 1.75 bits per heavy atom. The van der Waals surface area contributed by atoms with Gasteiger partial charge in [-0.05, 0) is 0 Å². The zero-order valence-corrected chi connectivity index (χ0v) is 7.93. The van der Waals surface area contributed by atoms with Crippen LogP contribution in [0.15, 0.2) is 12.2 Å². The number of allylic oxidation sites excluding steroid dienone is 2. The molecule has 1 aliphatic rings.